The Kier molecular flexibility index (Phi) is 5.13. The van der Waals surface area contributed by atoms with Crippen LogP contribution in [0.15, 0.2) is 42.5 Å². The average molecular weight is 351 g/mol. The molecule has 0 radical (unpaired) electrons. The Morgan fingerprint density at radius 3 is 2.64 bits per heavy atom. The summed E-state index contributed by atoms with van der Waals surface area (Å²) in [6.07, 6.45) is -3.05. The van der Waals surface area contributed by atoms with Crippen LogP contribution in [-0.2, 0) is 12.7 Å². The third-order valence-corrected chi connectivity index (χ3v) is 4.17. The predicted octanol–water partition coefficient (Wildman–Crippen LogP) is 3.61. The Morgan fingerprint density at radius 1 is 1.20 bits per heavy atom. The van der Waals surface area contributed by atoms with Crippen molar-refractivity contribution in [3.63, 3.8) is 0 Å². The van der Waals surface area contributed by atoms with E-state index in [9.17, 15) is 13.2 Å². The molecule has 1 aromatic carbocycles. The first-order chi connectivity index (χ1) is 12.0. The molecular weight excluding hydrogens is 331 g/mol. The number of nitrogens with two attached hydrogens (primary N) is 1. The van der Waals surface area contributed by atoms with E-state index >= 15 is 0 Å². The number of nitrogens with zero attached hydrogens (tertiary/aromatic N) is 2. The second-order valence-corrected chi connectivity index (χ2v) is 6.06. The monoisotopic (exact) mass is 351 g/mol. The summed E-state index contributed by atoms with van der Waals surface area (Å²) in [5.41, 5.74) is 5.97. The Balaban J connectivity index is 1.75. The standard InChI is InChI=1S/C18H20F3N3O/c19-18(20,21)16-9-13(11-22)10-17(23-16)25-15-7-4-8-24(12-15)14-5-2-1-3-6-14/h1-3,5-6,9-10,15H,4,7-8,11-12,22H2/t15-/m0/s1. The summed E-state index contributed by atoms with van der Waals surface area (Å²) < 4.78 is 44.7. The number of halogens is 3. The number of alkyl halides is 3. The summed E-state index contributed by atoms with van der Waals surface area (Å²) >= 11 is 0. The van der Waals surface area contributed by atoms with E-state index in [1.165, 1.54) is 6.07 Å². The molecule has 1 fully saturated rings. The summed E-state index contributed by atoms with van der Waals surface area (Å²) in [5.74, 6) is -0.0183. The highest BCUT2D eigenvalue weighted by molar-refractivity contribution is 5.46. The van der Waals surface area contributed by atoms with E-state index in [4.69, 9.17) is 10.5 Å². The van der Waals surface area contributed by atoms with Crippen molar-refractivity contribution >= 4 is 5.69 Å². The lowest BCUT2D eigenvalue weighted by atomic mass is 10.1. The van der Waals surface area contributed by atoms with Crippen LogP contribution in [0.4, 0.5) is 18.9 Å². The van der Waals surface area contributed by atoms with E-state index in [2.05, 4.69) is 9.88 Å². The first kappa shape index (κ1) is 17.5. The van der Waals surface area contributed by atoms with Gasteiger partial charge in [0.2, 0.25) is 5.88 Å². The van der Waals surface area contributed by atoms with Crippen molar-refractivity contribution in [3.05, 3.63) is 53.7 Å². The fraction of sp³-hybridized carbons (Fsp3) is 0.389. The molecule has 25 heavy (non-hydrogen) atoms. The molecule has 3 rings (SSSR count). The number of piperidine rings is 1. The minimum Gasteiger partial charge on any atom is -0.472 e. The zero-order chi connectivity index (χ0) is 17.9. The van der Waals surface area contributed by atoms with Crippen molar-refractivity contribution in [2.75, 3.05) is 18.0 Å². The number of pyridine rings is 1. The molecular formula is C18H20F3N3O. The molecule has 1 aromatic heterocycles. The topological polar surface area (TPSA) is 51.4 Å². The molecule has 0 unspecified atom stereocenters. The van der Waals surface area contributed by atoms with Gasteiger partial charge >= 0.3 is 6.18 Å². The van der Waals surface area contributed by atoms with E-state index < -0.39 is 11.9 Å². The van der Waals surface area contributed by atoms with Crippen LogP contribution >= 0.6 is 0 Å². The molecule has 1 aliphatic rings. The lowest BCUT2D eigenvalue weighted by Crippen LogP contribution is -2.41. The van der Waals surface area contributed by atoms with Crippen LogP contribution in [0, 0.1) is 0 Å². The first-order valence-electron chi connectivity index (χ1n) is 8.20. The van der Waals surface area contributed by atoms with Crippen molar-refractivity contribution in [2.24, 2.45) is 5.73 Å². The summed E-state index contributed by atoms with van der Waals surface area (Å²) in [5, 5.41) is 0. The molecule has 0 amide bonds. The van der Waals surface area contributed by atoms with E-state index in [-0.39, 0.29) is 18.5 Å². The molecule has 2 heterocycles. The number of aromatic nitrogens is 1. The smallest absolute Gasteiger partial charge is 0.433 e. The highest BCUT2D eigenvalue weighted by Crippen LogP contribution is 2.31. The Morgan fingerprint density at radius 2 is 1.96 bits per heavy atom. The Hall–Kier alpha value is -2.28. The third kappa shape index (κ3) is 4.42. The quantitative estimate of drug-likeness (QED) is 0.914. The maximum Gasteiger partial charge on any atom is 0.433 e. The molecule has 7 heteroatoms. The van der Waals surface area contributed by atoms with E-state index in [0.29, 0.717) is 12.1 Å². The van der Waals surface area contributed by atoms with Gasteiger partial charge in [0.25, 0.3) is 0 Å². The van der Waals surface area contributed by atoms with Crippen LogP contribution < -0.4 is 15.4 Å². The van der Waals surface area contributed by atoms with Crippen LogP contribution in [0.2, 0.25) is 0 Å². The van der Waals surface area contributed by atoms with Gasteiger partial charge in [-0.1, -0.05) is 18.2 Å². The van der Waals surface area contributed by atoms with Crippen molar-refractivity contribution < 1.29 is 17.9 Å². The molecule has 1 saturated heterocycles. The van der Waals surface area contributed by atoms with Crippen molar-refractivity contribution in [3.8, 4) is 5.88 Å². The van der Waals surface area contributed by atoms with Crippen LogP contribution in [0.1, 0.15) is 24.1 Å². The van der Waals surface area contributed by atoms with Gasteiger partial charge in [-0.15, -0.1) is 0 Å². The second-order valence-electron chi connectivity index (χ2n) is 6.06. The molecule has 0 aliphatic carbocycles. The highest BCUT2D eigenvalue weighted by atomic mass is 19.4. The van der Waals surface area contributed by atoms with E-state index in [1.807, 2.05) is 30.3 Å². The van der Waals surface area contributed by atoms with Crippen molar-refractivity contribution in [1.29, 1.82) is 0 Å². The zero-order valence-corrected chi connectivity index (χ0v) is 13.7. The molecule has 0 bridgehead atoms. The number of benzene rings is 1. The average Bonchev–Trinajstić information content (AvgIpc) is 2.61. The van der Waals surface area contributed by atoms with Gasteiger partial charge in [0, 0.05) is 24.8 Å². The van der Waals surface area contributed by atoms with Crippen molar-refractivity contribution in [2.45, 2.75) is 31.7 Å². The maximum atomic E-state index is 13.0. The van der Waals surface area contributed by atoms with Crippen LogP contribution in [0.5, 0.6) is 5.88 Å². The molecule has 2 aromatic rings. The predicted molar refractivity (Wildman–Crippen MR) is 89.4 cm³/mol. The van der Waals surface area contributed by atoms with Gasteiger partial charge in [0.1, 0.15) is 11.8 Å². The molecule has 2 N–H and O–H groups in total. The van der Waals surface area contributed by atoms with Gasteiger partial charge in [-0.05, 0) is 36.6 Å². The molecule has 134 valence electrons. The molecule has 4 nitrogen and oxygen atoms in total. The van der Waals surface area contributed by atoms with E-state index in [1.54, 1.807) is 0 Å². The Bertz CT molecular complexity index is 706. The van der Waals surface area contributed by atoms with Crippen LogP contribution in [0.3, 0.4) is 0 Å². The largest absolute Gasteiger partial charge is 0.472 e. The third-order valence-electron chi connectivity index (χ3n) is 4.17. The number of ether oxygens (including phenoxy) is 1. The Labute approximate surface area is 144 Å². The summed E-state index contributed by atoms with van der Waals surface area (Å²) in [6.45, 7) is 1.51. The minimum absolute atomic E-state index is 0.00275. The van der Waals surface area contributed by atoms with Gasteiger partial charge < -0.3 is 15.4 Å². The number of hydrogen-bond donors (Lipinski definition) is 1. The SMILES string of the molecule is NCc1cc(O[C@H]2CCCN(c3ccccc3)C2)nc(C(F)(F)F)c1. The summed E-state index contributed by atoms with van der Waals surface area (Å²) in [7, 11) is 0. The molecule has 1 aliphatic heterocycles. The van der Waals surface area contributed by atoms with Gasteiger partial charge in [0.15, 0.2) is 0 Å². The fourth-order valence-corrected chi connectivity index (χ4v) is 2.96. The maximum absolute atomic E-state index is 13.0. The lowest BCUT2D eigenvalue weighted by Gasteiger charge is -2.34. The normalized spacial score (nSPS) is 18.2. The van der Waals surface area contributed by atoms with Gasteiger partial charge in [-0.3, -0.25) is 0 Å². The van der Waals surface area contributed by atoms with Gasteiger partial charge in [-0.2, -0.15) is 13.2 Å². The van der Waals surface area contributed by atoms with Gasteiger partial charge in [-0.25, -0.2) is 4.98 Å². The minimum atomic E-state index is -4.52. The van der Waals surface area contributed by atoms with Gasteiger partial charge in [0.05, 0.1) is 6.54 Å². The highest BCUT2D eigenvalue weighted by Gasteiger charge is 2.33. The fourth-order valence-electron chi connectivity index (χ4n) is 2.96. The van der Waals surface area contributed by atoms with Crippen LogP contribution in [0.25, 0.3) is 0 Å². The summed E-state index contributed by atoms with van der Waals surface area (Å²) in [4.78, 5) is 5.80. The van der Waals surface area contributed by atoms with Crippen molar-refractivity contribution in [1.82, 2.24) is 4.98 Å². The number of hydrogen-bond acceptors (Lipinski definition) is 4. The molecule has 0 saturated carbocycles. The van der Waals surface area contributed by atoms with E-state index in [0.717, 1.165) is 31.1 Å². The lowest BCUT2D eigenvalue weighted by molar-refractivity contribution is -0.141. The summed E-state index contributed by atoms with van der Waals surface area (Å²) in [6, 6.07) is 12.3. The first-order valence-corrected chi connectivity index (χ1v) is 8.20. The number of anilines is 1. The number of para-hydroxylation sites is 1. The molecule has 1 atom stereocenters. The second kappa shape index (κ2) is 7.31. The molecule has 0 spiro atoms. The van der Waals surface area contributed by atoms with Crippen LogP contribution in [-0.4, -0.2) is 24.2 Å². The number of rotatable bonds is 4. The zero-order valence-electron chi connectivity index (χ0n) is 13.7.